The van der Waals surface area contributed by atoms with E-state index in [0.717, 1.165) is 29.9 Å². The molecule has 3 rings (SSSR count). The van der Waals surface area contributed by atoms with E-state index in [2.05, 4.69) is 9.88 Å². The highest BCUT2D eigenvalue weighted by Crippen LogP contribution is 2.16. The van der Waals surface area contributed by atoms with Gasteiger partial charge < -0.3 is 14.6 Å². The van der Waals surface area contributed by atoms with Crippen molar-refractivity contribution in [3.05, 3.63) is 58.4 Å². The van der Waals surface area contributed by atoms with Crippen molar-refractivity contribution in [3.63, 3.8) is 0 Å². The van der Waals surface area contributed by atoms with Gasteiger partial charge in [-0.25, -0.2) is 4.79 Å². The SMILES string of the molecule is CC(C)(C)OC(=O)N1CCN(Cc2ccc(-c3ccccc3)[nH]c2=O)CC1. The van der Waals surface area contributed by atoms with Crippen LogP contribution in [-0.2, 0) is 11.3 Å². The number of carbonyl (C=O) groups is 1. The molecule has 2 heterocycles. The first kappa shape index (κ1) is 19.2. The fraction of sp³-hybridized carbons (Fsp3) is 0.429. The zero-order valence-corrected chi connectivity index (χ0v) is 16.2. The molecule has 2 aromatic rings. The number of hydrogen-bond acceptors (Lipinski definition) is 4. The minimum absolute atomic E-state index is 0.0640. The molecule has 0 atom stereocenters. The third kappa shape index (κ3) is 5.20. The number of aromatic amines is 1. The molecule has 1 aliphatic heterocycles. The van der Waals surface area contributed by atoms with Crippen LogP contribution in [-0.4, -0.2) is 52.7 Å². The topological polar surface area (TPSA) is 65.6 Å². The monoisotopic (exact) mass is 369 g/mol. The van der Waals surface area contributed by atoms with Crippen molar-refractivity contribution in [2.45, 2.75) is 32.9 Å². The number of carbonyl (C=O) groups excluding carboxylic acids is 1. The van der Waals surface area contributed by atoms with E-state index in [1.54, 1.807) is 4.90 Å². The van der Waals surface area contributed by atoms with Gasteiger partial charge >= 0.3 is 6.09 Å². The summed E-state index contributed by atoms with van der Waals surface area (Å²) in [7, 11) is 0. The molecule has 1 N–H and O–H groups in total. The van der Waals surface area contributed by atoms with Crippen LogP contribution < -0.4 is 5.56 Å². The zero-order valence-electron chi connectivity index (χ0n) is 16.2. The maximum absolute atomic E-state index is 12.4. The Hall–Kier alpha value is -2.60. The number of hydrogen-bond donors (Lipinski definition) is 1. The average Bonchev–Trinajstić information content (AvgIpc) is 2.63. The van der Waals surface area contributed by atoms with Crippen molar-refractivity contribution in [2.75, 3.05) is 26.2 Å². The summed E-state index contributed by atoms with van der Waals surface area (Å²) in [5, 5.41) is 0. The Bertz CT molecular complexity index is 832. The summed E-state index contributed by atoms with van der Waals surface area (Å²) in [4.78, 5) is 31.5. The van der Waals surface area contributed by atoms with Gasteiger partial charge in [-0.2, -0.15) is 0 Å². The lowest BCUT2D eigenvalue weighted by atomic mass is 10.1. The summed E-state index contributed by atoms with van der Waals surface area (Å²) in [6.07, 6.45) is -0.271. The molecule has 1 saturated heterocycles. The molecule has 0 spiro atoms. The first-order chi connectivity index (χ1) is 12.8. The third-order valence-electron chi connectivity index (χ3n) is 4.49. The predicted octanol–water partition coefficient (Wildman–Crippen LogP) is 3.09. The Balaban J connectivity index is 1.58. The first-order valence-electron chi connectivity index (χ1n) is 9.30. The number of aromatic nitrogens is 1. The van der Waals surface area contributed by atoms with Crippen molar-refractivity contribution in [2.24, 2.45) is 0 Å². The van der Waals surface area contributed by atoms with Crippen LogP contribution in [0.1, 0.15) is 26.3 Å². The summed E-state index contributed by atoms with van der Waals surface area (Å²) >= 11 is 0. The van der Waals surface area contributed by atoms with E-state index >= 15 is 0 Å². The van der Waals surface area contributed by atoms with Crippen LogP contribution in [0.4, 0.5) is 4.79 Å². The van der Waals surface area contributed by atoms with Crippen molar-refractivity contribution in [3.8, 4) is 11.3 Å². The molecule has 1 aromatic carbocycles. The average molecular weight is 369 g/mol. The highest BCUT2D eigenvalue weighted by molar-refractivity contribution is 5.68. The number of H-pyrrole nitrogens is 1. The Morgan fingerprint density at radius 3 is 2.30 bits per heavy atom. The fourth-order valence-corrected chi connectivity index (χ4v) is 3.07. The van der Waals surface area contributed by atoms with Gasteiger partial charge in [0.2, 0.25) is 0 Å². The molecule has 0 radical (unpaired) electrons. The van der Waals surface area contributed by atoms with Gasteiger partial charge in [-0.1, -0.05) is 36.4 Å². The third-order valence-corrected chi connectivity index (χ3v) is 4.49. The standard InChI is InChI=1S/C21H27N3O3/c1-21(2,3)27-20(26)24-13-11-23(12-14-24)15-17-9-10-18(22-19(17)25)16-7-5-4-6-8-16/h4-10H,11-15H2,1-3H3,(H,22,25). The van der Waals surface area contributed by atoms with Crippen LogP contribution in [0.25, 0.3) is 11.3 Å². The number of pyridine rings is 1. The molecule has 0 bridgehead atoms. The number of nitrogens with one attached hydrogen (secondary N) is 1. The Labute approximate surface area is 159 Å². The number of piperazine rings is 1. The van der Waals surface area contributed by atoms with Gasteiger partial charge in [0.15, 0.2) is 0 Å². The molecule has 1 fully saturated rings. The van der Waals surface area contributed by atoms with E-state index in [1.165, 1.54) is 0 Å². The van der Waals surface area contributed by atoms with Crippen LogP contribution in [0.2, 0.25) is 0 Å². The van der Waals surface area contributed by atoms with Crippen molar-refractivity contribution in [1.82, 2.24) is 14.8 Å². The Morgan fingerprint density at radius 2 is 1.70 bits per heavy atom. The van der Waals surface area contributed by atoms with E-state index < -0.39 is 5.60 Å². The lowest BCUT2D eigenvalue weighted by molar-refractivity contribution is 0.0138. The molecular weight excluding hydrogens is 342 g/mol. The maximum Gasteiger partial charge on any atom is 0.410 e. The second kappa shape index (κ2) is 7.96. The zero-order chi connectivity index (χ0) is 19.4. The largest absolute Gasteiger partial charge is 0.444 e. The molecule has 1 amide bonds. The van der Waals surface area contributed by atoms with Gasteiger partial charge in [0.05, 0.1) is 0 Å². The minimum atomic E-state index is -0.484. The maximum atomic E-state index is 12.4. The van der Waals surface area contributed by atoms with Crippen LogP contribution >= 0.6 is 0 Å². The van der Waals surface area contributed by atoms with Crippen LogP contribution in [0.5, 0.6) is 0 Å². The van der Waals surface area contributed by atoms with Gasteiger partial charge in [0, 0.05) is 44.0 Å². The smallest absolute Gasteiger partial charge is 0.410 e. The van der Waals surface area contributed by atoms with Crippen LogP contribution in [0.15, 0.2) is 47.3 Å². The van der Waals surface area contributed by atoms with Gasteiger partial charge in [-0.3, -0.25) is 9.69 Å². The lowest BCUT2D eigenvalue weighted by Gasteiger charge is -2.35. The van der Waals surface area contributed by atoms with Crippen LogP contribution in [0.3, 0.4) is 0 Å². The molecule has 0 saturated carbocycles. The van der Waals surface area contributed by atoms with Crippen molar-refractivity contribution in [1.29, 1.82) is 0 Å². The molecule has 0 unspecified atom stereocenters. The number of nitrogens with zero attached hydrogens (tertiary/aromatic N) is 2. The molecule has 6 nitrogen and oxygen atoms in total. The summed E-state index contributed by atoms with van der Waals surface area (Å²) in [5.41, 5.74) is 2.00. The molecular formula is C21H27N3O3. The predicted molar refractivity (Wildman–Crippen MR) is 106 cm³/mol. The second-order valence-electron chi connectivity index (χ2n) is 7.84. The summed E-state index contributed by atoms with van der Waals surface area (Å²) in [6, 6.07) is 13.6. The number of benzene rings is 1. The number of rotatable bonds is 3. The summed E-state index contributed by atoms with van der Waals surface area (Å²) < 4.78 is 5.42. The lowest BCUT2D eigenvalue weighted by Crippen LogP contribution is -2.49. The Kier molecular flexibility index (Phi) is 5.65. The van der Waals surface area contributed by atoms with E-state index in [1.807, 2.05) is 63.2 Å². The highest BCUT2D eigenvalue weighted by Gasteiger charge is 2.26. The van der Waals surface area contributed by atoms with E-state index in [-0.39, 0.29) is 11.7 Å². The van der Waals surface area contributed by atoms with E-state index in [9.17, 15) is 9.59 Å². The fourth-order valence-electron chi connectivity index (χ4n) is 3.07. The van der Waals surface area contributed by atoms with Gasteiger partial charge in [-0.05, 0) is 32.4 Å². The number of amides is 1. The van der Waals surface area contributed by atoms with Crippen molar-refractivity contribution < 1.29 is 9.53 Å². The van der Waals surface area contributed by atoms with Gasteiger partial charge in [0.25, 0.3) is 5.56 Å². The quantitative estimate of drug-likeness (QED) is 0.903. The highest BCUT2D eigenvalue weighted by atomic mass is 16.6. The molecule has 0 aliphatic carbocycles. The van der Waals surface area contributed by atoms with E-state index in [0.29, 0.717) is 19.6 Å². The van der Waals surface area contributed by atoms with Crippen molar-refractivity contribution >= 4 is 6.09 Å². The molecule has 1 aromatic heterocycles. The van der Waals surface area contributed by atoms with Crippen LogP contribution in [0, 0.1) is 0 Å². The van der Waals surface area contributed by atoms with Gasteiger partial charge in [-0.15, -0.1) is 0 Å². The Morgan fingerprint density at radius 1 is 1.04 bits per heavy atom. The normalized spacial score (nSPS) is 15.6. The second-order valence-corrected chi connectivity index (χ2v) is 7.84. The molecule has 27 heavy (non-hydrogen) atoms. The minimum Gasteiger partial charge on any atom is -0.444 e. The molecule has 6 heteroatoms. The van der Waals surface area contributed by atoms with Gasteiger partial charge in [0.1, 0.15) is 5.60 Å². The molecule has 144 valence electrons. The first-order valence-corrected chi connectivity index (χ1v) is 9.30. The summed E-state index contributed by atoms with van der Waals surface area (Å²) in [5.74, 6) is 0. The van der Waals surface area contributed by atoms with E-state index in [4.69, 9.17) is 4.74 Å². The molecule has 1 aliphatic rings. The number of ether oxygens (including phenoxy) is 1. The summed E-state index contributed by atoms with van der Waals surface area (Å²) in [6.45, 7) is 8.83.